The van der Waals surface area contributed by atoms with Crippen LogP contribution in [0.25, 0.3) is 11.3 Å². The Morgan fingerprint density at radius 1 is 0.897 bits per heavy atom. The lowest BCUT2D eigenvalue weighted by Crippen LogP contribution is -2.34. The Balaban J connectivity index is 1.49. The van der Waals surface area contributed by atoms with Crippen molar-refractivity contribution in [1.29, 1.82) is 0 Å². The van der Waals surface area contributed by atoms with Gasteiger partial charge in [-0.25, -0.2) is 9.97 Å². The van der Waals surface area contributed by atoms with E-state index in [4.69, 9.17) is 4.74 Å². The molecule has 1 saturated carbocycles. The van der Waals surface area contributed by atoms with Gasteiger partial charge in [0, 0.05) is 23.2 Å². The van der Waals surface area contributed by atoms with Gasteiger partial charge in [-0.2, -0.15) is 0 Å². The summed E-state index contributed by atoms with van der Waals surface area (Å²) in [4.78, 5) is 21.3. The van der Waals surface area contributed by atoms with E-state index < -0.39 is 0 Å². The number of nitrogens with zero attached hydrogens (tertiary/aromatic N) is 2. The quantitative estimate of drug-likeness (QED) is 0.596. The highest BCUT2D eigenvalue weighted by Crippen LogP contribution is 2.24. The highest BCUT2D eigenvalue weighted by atomic mass is 16.5. The third-order valence-corrected chi connectivity index (χ3v) is 5.22. The van der Waals surface area contributed by atoms with Gasteiger partial charge in [0.15, 0.2) is 0 Å². The zero-order chi connectivity index (χ0) is 19.9. The van der Waals surface area contributed by atoms with Crippen LogP contribution in [-0.4, -0.2) is 21.9 Å². The van der Waals surface area contributed by atoms with Crippen LogP contribution < -0.4 is 10.1 Å². The predicted molar refractivity (Wildman–Crippen MR) is 113 cm³/mol. The molecular formula is C24H25N3O2. The fourth-order valence-corrected chi connectivity index (χ4v) is 3.67. The molecule has 0 unspecified atom stereocenters. The molecule has 5 heteroatoms. The maximum Gasteiger partial charge on any atom is 0.251 e. The van der Waals surface area contributed by atoms with Gasteiger partial charge >= 0.3 is 0 Å². The Morgan fingerprint density at radius 3 is 2.48 bits per heavy atom. The number of carbonyl (C=O) groups excluding carboxylic acids is 1. The fraction of sp³-hybridized carbons (Fsp3) is 0.292. The molecule has 1 fully saturated rings. The largest absolute Gasteiger partial charge is 0.439 e. The number of nitrogens with one attached hydrogen (secondary N) is 1. The lowest BCUT2D eigenvalue weighted by molar-refractivity contribution is 0.0933. The molecule has 1 heterocycles. The minimum absolute atomic E-state index is 0.0198. The molecule has 1 aromatic heterocycles. The summed E-state index contributed by atoms with van der Waals surface area (Å²) in [5.74, 6) is 1.16. The highest BCUT2D eigenvalue weighted by Gasteiger charge is 2.16. The van der Waals surface area contributed by atoms with Crippen LogP contribution in [0.3, 0.4) is 0 Å². The van der Waals surface area contributed by atoms with Gasteiger partial charge in [0.25, 0.3) is 5.91 Å². The van der Waals surface area contributed by atoms with E-state index in [9.17, 15) is 4.79 Å². The molecule has 1 amide bonds. The highest BCUT2D eigenvalue weighted by molar-refractivity contribution is 5.95. The zero-order valence-corrected chi connectivity index (χ0v) is 16.4. The maximum atomic E-state index is 12.7. The summed E-state index contributed by atoms with van der Waals surface area (Å²) in [6.45, 7) is 0. The SMILES string of the molecule is O=C(NC1CCCCCC1)c1cccc(-c2cc(Oc3ccccc3)ncn2)c1. The van der Waals surface area contributed by atoms with E-state index in [0.717, 1.165) is 24.1 Å². The van der Waals surface area contributed by atoms with E-state index in [-0.39, 0.29) is 11.9 Å². The Morgan fingerprint density at radius 2 is 1.69 bits per heavy atom. The van der Waals surface area contributed by atoms with Gasteiger partial charge in [-0.05, 0) is 37.1 Å². The maximum absolute atomic E-state index is 12.7. The van der Waals surface area contributed by atoms with Crippen LogP contribution in [0.5, 0.6) is 11.6 Å². The number of benzene rings is 2. The minimum atomic E-state index is -0.0198. The Bertz CT molecular complexity index is 951. The topological polar surface area (TPSA) is 64.1 Å². The molecule has 3 aromatic rings. The van der Waals surface area contributed by atoms with Gasteiger partial charge in [0.05, 0.1) is 5.69 Å². The molecule has 4 rings (SSSR count). The van der Waals surface area contributed by atoms with Crippen molar-refractivity contribution in [2.75, 3.05) is 0 Å². The molecule has 0 saturated heterocycles. The van der Waals surface area contributed by atoms with E-state index in [0.29, 0.717) is 17.2 Å². The summed E-state index contributed by atoms with van der Waals surface area (Å²) >= 11 is 0. The van der Waals surface area contributed by atoms with Crippen molar-refractivity contribution in [1.82, 2.24) is 15.3 Å². The van der Waals surface area contributed by atoms with Crippen LogP contribution in [-0.2, 0) is 0 Å². The number of ether oxygens (including phenoxy) is 1. The number of amides is 1. The van der Waals surface area contributed by atoms with E-state index >= 15 is 0 Å². The van der Waals surface area contributed by atoms with Crippen molar-refractivity contribution in [3.8, 4) is 22.9 Å². The fourth-order valence-electron chi connectivity index (χ4n) is 3.67. The Kier molecular flexibility index (Phi) is 6.15. The molecule has 1 aliphatic carbocycles. The van der Waals surface area contributed by atoms with Crippen molar-refractivity contribution in [2.45, 2.75) is 44.6 Å². The van der Waals surface area contributed by atoms with Gasteiger partial charge in [-0.1, -0.05) is 56.0 Å². The average Bonchev–Trinajstić information content (AvgIpc) is 3.03. The molecule has 0 spiro atoms. The van der Waals surface area contributed by atoms with Crippen LogP contribution in [0.15, 0.2) is 67.0 Å². The first-order chi connectivity index (χ1) is 14.3. The van der Waals surface area contributed by atoms with Crippen molar-refractivity contribution in [3.63, 3.8) is 0 Å². The summed E-state index contributed by atoms with van der Waals surface area (Å²) in [5, 5.41) is 3.20. The lowest BCUT2D eigenvalue weighted by Gasteiger charge is -2.16. The van der Waals surface area contributed by atoms with E-state index in [1.54, 1.807) is 6.07 Å². The number of hydrogen-bond donors (Lipinski definition) is 1. The average molecular weight is 387 g/mol. The van der Waals surface area contributed by atoms with Crippen LogP contribution in [0.4, 0.5) is 0 Å². The second-order valence-corrected chi connectivity index (χ2v) is 7.40. The monoisotopic (exact) mass is 387 g/mol. The van der Waals surface area contributed by atoms with Crippen molar-refractivity contribution in [3.05, 3.63) is 72.6 Å². The molecule has 29 heavy (non-hydrogen) atoms. The molecule has 1 N–H and O–H groups in total. The number of rotatable bonds is 5. The predicted octanol–water partition coefficient (Wildman–Crippen LogP) is 5.39. The summed E-state index contributed by atoms with van der Waals surface area (Å²) in [7, 11) is 0. The smallest absolute Gasteiger partial charge is 0.251 e. The molecule has 0 atom stereocenters. The van der Waals surface area contributed by atoms with E-state index in [1.807, 2.05) is 54.6 Å². The standard InChI is InChI=1S/C24H25N3O2/c28-24(27-20-11-4-1-2-5-12-20)19-10-8-9-18(15-19)22-16-23(26-17-25-22)29-21-13-6-3-7-14-21/h3,6-10,13-17,20H,1-2,4-5,11-12H2,(H,27,28). The molecule has 1 aliphatic rings. The Hall–Kier alpha value is -3.21. The summed E-state index contributed by atoms with van der Waals surface area (Å²) in [5.41, 5.74) is 2.23. The minimum Gasteiger partial charge on any atom is -0.439 e. The normalized spacial score (nSPS) is 14.8. The van der Waals surface area contributed by atoms with Crippen molar-refractivity contribution >= 4 is 5.91 Å². The van der Waals surface area contributed by atoms with E-state index in [2.05, 4.69) is 15.3 Å². The van der Waals surface area contributed by atoms with Crippen LogP contribution >= 0.6 is 0 Å². The van der Waals surface area contributed by atoms with Crippen molar-refractivity contribution in [2.24, 2.45) is 0 Å². The number of para-hydroxylation sites is 1. The molecule has 5 nitrogen and oxygen atoms in total. The molecule has 148 valence electrons. The number of hydrogen-bond acceptors (Lipinski definition) is 4. The molecule has 0 bridgehead atoms. The van der Waals surface area contributed by atoms with Crippen LogP contribution in [0.2, 0.25) is 0 Å². The van der Waals surface area contributed by atoms with Crippen LogP contribution in [0, 0.1) is 0 Å². The zero-order valence-electron chi connectivity index (χ0n) is 16.4. The van der Waals surface area contributed by atoms with Gasteiger partial charge in [0.1, 0.15) is 12.1 Å². The number of carbonyl (C=O) groups is 1. The molecule has 0 aliphatic heterocycles. The van der Waals surface area contributed by atoms with E-state index in [1.165, 1.54) is 32.0 Å². The van der Waals surface area contributed by atoms with Crippen molar-refractivity contribution < 1.29 is 9.53 Å². The first kappa shape index (κ1) is 19.1. The second kappa shape index (κ2) is 9.32. The third-order valence-electron chi connectivity index (χ3n) is 5.22. The van der Waals surface area contributed by atoms with Crippen LogP contribution in [0.1, 0.15) is 48.9 Å². The number of aromatic nitrogens is 2. The first-order valence-corrected chi connectivity index (χ1v) is 10.2. The van der Waals surface area contributed by atoms with Gasteiger partial charge in [-0.3, -0.25) is 4.79 Å². The van der Waals surface area contributed by atoms with Gasteiger partial charge in [-0.15, -0.1) is 0 Å². The molecule has 0 radical (unpaired) electrons. The summed E-state index contributed by atoms with van der Waals surface area (Å²) < 4.78 is 5.80. The molecular weight excluding hydrogens is 362 g/mol. The van der Waals surface area contributed by atoms with Gasteiger partial charge < -0.3 is 10.1 Å². The lowest BCUT2D eigenvalue weighted by atomic mass is 10.1. The summed E-state index contributed by atoms with van der Waals surface area (Å²) in [6, 6.07) is 19.1. The second-order valence-electron chi connectivity index (χ2n) is 7.40. The first-order valence-electron chi connectivity index (χ1n) is 10.2. The van der Waals surface area contributed by atoms with Gasteiger partial charge in [0.2, 0.25) is 5.88 Å². The third kappa shape index (κ3) is 5.19. The summed E-state index contributed by atoms with van der Waals surface area (Å²) in [6.07, 6.45) is 8.53. The molecule has 2 aromatic carbocycles. The Labute approximate surface area is 171 Å².